The van der Waals surface area contributed by atoms with Crippen molar-refractivity contribution in [2.75, 3.05) is 19.6 Å². The number of thiophene rings is 1. The molecule has 7 heteroatoms. The van der Waals surface area contributed by atoms with Gasteiger partial charge in [-0.1, -0.05) is 35.9 Å². The maximum absolute atomic E-state index is 13.6. The quantitative estimate of drug-likeness (QED) is 0.408. The summed E-state index contributed by atoms with van der Waals surface area (Å²) in [7, 11) is 0. The minimum Gasteiger partial charge on any atom is -0.334 e. The predicted octanol–water partition coefficient (Wildman–Crippen LogP) is 5.19. The predicted molar refractivity (Wildman–Crippen MR) is 133 cm³/mol. The van der Waals surface area contributed by atoms with E-state index in [1.54, 1.807) is 28.4 Å². The number of fused-ring (bicyclic) bond motifs is 1. The Bertz CT molecular complexity index is 1380. The molecule has 5 rings (SSSR count). The molecule has 4 aromatic rings. The van der Waals surface area contributed by atoms with Crippen molar-refractivity contribution in [1.82, 2.24) is 14.4 Å². The first-order chi connectivity index (χ1) is 16.4. The molecule has 1 aliphatic heterocycles. The number of aryl methyl sites for hydroxylation is 1. The van der Waals surface area contributed by atoms with Gasteiger partial charge < -0.3 is 14.4 Å². The second-order valence-corrected chi connectivity index (χ2v) is 9.79. The Morgan fingerprint density at radius 2 is 1.85 bits per heavy atom. The molecule has 1 fully saturated rings. The molecule has 2 aromatic heterocycles. The second-order valence-electron chi connectivity index (χ2n) is 8.89. The lowest BCUT2D eigenvalue weighted by Gasteiger charge is -2.40. The Kier molecular flexibility index (Phi) is 5.96. The highest BCUT2D eigenvalue weighted by atomic mass is 32.1. The molecule has 174 valence electrons. The van der Waals surface area contributed by atoms with Crippen LogP contribution in [0.1, 0.15) is 38.9 Å². The van der Waals surface area contributed by atoms with Crippen molar-refractivity contribution in [2.24, 2.45) is 0 Å². The number of carbonyl (C=O) groups excluding carboxylic acids is 2. The number of aromatic nitrogens is 1. The normalized spacial score (nSPS) is 16.3. The number of halogens is 1. The van der Waals surface area contributed by atoms with Gasteiger partial charge in [0.1, 0.15) is 16.3 Å². The summed E-state index contributed by atoms with van der Waals surface area (Å²) in [5, 5.41) is 3.11. The Balaban J connectivity index is 1.37. The highest BCUT2D eigenvalue weighted by Gasteiger charge is 2.32. The van der Waals surface area contributed by atoms with Gasteiger partial charge in [0.05, 0.1) is 0 Å². The van der Waals surface area contributed by atoms with Crippen LogP contribution < -0.4 is 0 Å². The summed E-state index contributed by atoms with van der Waals surface area (Å²) in [6.45, 7) is 5.91. The molecule has 2 amide bonds. The number of piperazine rings is 1. The van der Waals surface area contributed by atoms with Crippen LogP contribution in [-0.2, 0) is 6.54 Å². The zero-order chi connectivity index (χ0) is 23.8. The van der Waals surface area contributed by atoms with E-state index < -0.39 is 5.82 Å². The Morgan fingerprint density at radius 1 is 1.03 bits per heavy atom. The molecular formula is C27H26FN3O2S. The van der Waals surface area contributed by atoms with E-state index in [4.69, 9.17) is 0 Å². The minimum atomic E-state index is -0.429. The van der Waals surface area contributed by atoms with E-state index in [0.29, 0.717) is 37.4 Å². The van der Waals surface area contributed by atoms with Gasteiger partial charge in [0.25, 0.3) is 11.8 Å². The van der Waals surface area contributed by atoms with Gasteiger partial charge in [-0.05, 0) is 55.1 Å². The molecular weight excluding hydrogens is 449 g/mol. The molecule has 3 heterocycles. The summed E-state index contributed by atoms with van der Waals surface area (Å²) in [5.74, 6) is -0.662. The van der Waals surface area contributed by atoms with Crippen molar-refractivity contribution in [3.8, 4) is 0 Å². The van der Waals surface area contributed by atoms with Crippen molar-refractivity contribution in [3.63, 3.8) is 0 Å². The first-order valence-corrected chi connectivity index (χ1v) is 12.3. The van der Waals surface area contributed by atoms with Gasteiger partial charge in [-0.3, -0.25) is 9.59 Å². The number of hydrogen-bond acceptors (Lipinski definition) is 3. The van der Waals surface area contributed by atoms with Crippen LogP contribution in [0.15, 0.2) is 66.0 Å². The molecule has 1 unspecified atom stereocenters. The molecule has 0 spiro atoms. The molecule has 1 atom stereocenters. The van der Waals surface area contributed by atoms with Crippen LogP contribution in [0.3, 0.4) is 0 Å². The van der Waals surface area contributed by atoms with Gasteiger partial charge in [-0.15, -0.1) is 11.3 Å². The molecule has 0 radical (unpaired) electrons. The van der Waals surface area contributed by atoms with Crippen LogP contribution in [0.25, 0.3) is 10.2 Å². The van der Waals surface area contributed by atoms with E-state index in [-0.39, 0.29) is 17.9 Å². The fourth-order valence-electron chi connectivity index (χ4n) is 4.70. The molecule has 1 aliphatic rings. The van der Waals surface area contributed by atoms with Crippen molar-refractivity contribution in [1.29, 1.82) is 0 Å². The molecule has 0 aliphatic carbocycles. The molecule has 5 nitrogen and oxygen atoms in total. The molecule has 0 bridgehead atoms. The van der Waals surface area contributed by atoms with E-state index in [1.165, 1.54) is 17.7 Å². The molecule has 2 aromatic carbocycles. The number of benzene rings is 2. The zero-order valence-electron chi connectivity index (χ0n) is 19.2. The van der Waals surface area contributed by atoms with Crippen molar-refractivity contribution in [3.05, 3.63) is 94.2 Å². The zero-order valence-corrected chi connectivity index (χ0v) is 20.0. The molecule has 34 heavy (non-hydrogen) atoms. The highest BCUT2D eigenvalue weighted by Crippen LogP contribution is 2.28. The summed E-state index contributed by atoms with van der Waals surface area (Å²) in [4.78, 5) is 31.2. The first-order valence-electron chi connectivity index (χ1n) is 11.4. The summed E-state index contributed by atoms with van der Waals surface area (Å²) in [5.41, 5.74) is 3.34. The summed E-state index contributed by atoms with van der Waals surface area (Å²) in [6.07, 6.45) is 0. The van der Waals surface area contributed by atoms with Crippen LogP contribution in [0.4, 0.5) is 4.39 Å². The van der Waals surface area contributed by atoms with Crippen LogP contribution in [0, 0.1) is 12.7 Å². The third-order valence-corrected chi connectivity index (χ3v) is 7.34. The highest BCUT2D eigenvalue weighted by molar-refractivity contribution is 7.16. The van der Waals surface area contributed by atoms with Crippen LogP contribution in [0.2, 0.25) is 0 Å². The van der Waals surface area contributed by atoms with Crippen LogP contribution in [0.5, 0.6) is 0 Å². The van der Waals surface area contributed by atoms with Gasteiger partial charge in [0.2, 0.25) is 0 Å². The fraction of sp³-hybridized carbons (Fsp3) is 0.259. The number of amides is 2. The lowest BCUT2D eigenvalue weighted by molar-refractivity contribution is 0.0409. The molecule has 1 saturated heterocycles. The van der Waals surface area contributed by atoms with Gasteiger partial charge in [-0.2, -0.15) is 0 Å². The Hall–Kier alpha value is -3.45. The van der Waals surface area contributed by atoms with E-state index in [0.717, 1.165) is 15.8 Å². The van der Waals surface area contributed by atoms with Gasteiger partial charge in [0.15, 0.2) is 0 Å². The number of carbonyl (C=O) groups is 2. The average Bonchev–Trinajstić information content (AvgIpc) is 3.41. The van der Waals surface area contributed by atoms with Crippen molar-refractivity contribution < 1.29 is 14.0 Å². The van der Waals surface area contributed by atoms with Gasteiger partial charge in [0, 0.05) is 43.2 Å². The third-order valence-electron chi connectivity index (χ3n) is 6.39. The largest absolute Gasteiger partial charge is 0.334 e. The molecule has 0 N–H and O–H groups in total. The minimum absolute atomic E-state index is 0.0271. The maximum atomic E-state index is 13.6. The number of nitrogens with zero attached hydrogens (tertiary/aromatic N) is 3. The lowest BCUT2D eigenvalue weighted by Crippen LogP contribution is -2.55. The van der Waals surface area contributed by atoms with Crippen LogP contribution >= 0.6 is 11.3 Å². The lowest BCUT2D eigenvalue weighted by atomic mass is 10.1. The first kappa shape index (κ1) is 22.3. The standard InChI is InChI=1S/C27H26FN3O2S/c1-18-5-3-6-20(13-18)17-31-24(15-22-9-12-34-27(22)31)26(33)29-10-11-30(19(2)16-29)25(32)21-7-4-8-23(28)14-21/h3-9,12-15,19H,10-11,16-17H2,1-2H3. The third kappa shape index (κ3) is 4.23. The van der Waals surface area contributed by atoms with E-state index in [1.807, 2.05) is 35.4 Å². The average molecular weight is 476 g/mol. The van der Waals surface area contributed by atoms with Crippen molar-refractivity contribution in [2.45, 2.75) is 26.4 Å². The summed E-state index contributed by atoms with van der Waals surface area (Å²) >= 11 is 1.63. The SMILES string of the molecule is Cc1cccc(Cn2c(C(=O)N3CCN(C(=O)c4cccc(F)c4)C(C)C3)cc3ccsc32)c1. The van der Waals surface area contributed by atoms with E-state index in [2.05, 4.69) is 29.7 Å². The van der Waals surface area contributed by atoms with Crippen molar-refractivity contribution >= 4 is 33.4 Å². The van der Waals surface area contributed by atoms with Gasteiger partial charge >= 0.3 is 0 Å². The van der Waals surface area contributed by atoms with E-state index in [9.17, 15) is 14.0 Å². The molecule has 0 saturated carbocycles. The smallest absolute Gasteiger partial charge is 0.270 e. The fourth-order valence-corrected chi connectivity index (χ4v) is 5.59. The van der Waals surface area contributed by atoms with Crippen LogP contribution in [-0.4, -0.2) is 51.9 Å². The van der Waals surface area contributed by atoms with E-state index >= 15 is 0 Å². The second kappa shape index (κ2) is 9.06. The van der Waals surface area contributed by atoms with Gasteiger partial charge in [-0.25, -0.2) is 4.39 Å². The number of hydrogen-bond donors (Lipinski definition) is 0. The summed E-state index contributed by atoms with van der Waals surface area (Å²) < 4.78 is 15.7. The Labute approximate surface area is 202 Å². The Morgan fingerprint density at radius 3 is 2.62 bits per heavy atom. The number of rotatable bonds is 4. The summed E-state index contributed by atoms with van der Waals surface area (Å²) in [6, 6.07) is 17.9. The monoisotopic (exact) mass is 475 g/mol. The maximum Gasteiger partial charge on any atom is 0.270 e. The topological polar surface area (TPSA) is 45.6 Å².